The summed E-state index contributed by atoms with van der Waals surface area (Å²) in [5.41, 5.74) is 5.06. The Labute approximate surface area is 127 Å². The van der Waals surface area contributed by atoms with E-state index in [0.717, 1.165) is 25.9 Å². The van der Waals surface area contributed by atoms with Crippen molar-refractivity contribution in [2.75, 3.05) is 6.54 Å². The summed E-state index contributed by atoms with van der Waals surface area (Å²) in [5.74, 6) is 0. The molecular weight excluding hydrogens is 260 g/mol. The van der Waals surface area contributed by atoms with Gasteiger partial charge in [-0.25, -0.2) is 0 Å². The molecule has 21 heavy (non-hydrogen) atoms. The van der Waals surface area contributed by atoms with Crippen LogP contribution in [-0.4, -0.2) is 22.3 Å². The predicted octanol–water partition coefficient (Wildman–Crippen LogP) is 3.34. The van der Waals surface area contributed by atoms with Crippen LogP contribution in [0, 0.1) is 13.8 Å². The van der Waals surface area contributed by atoms with E-state index in [1.54, 1.807) is 0 Å². The molecule has 1 aromatic heterocycles. The molecule has 0 fully saturated rings. The van der Waals surface area contributed by atoms with E-state index in [9.17, 15) is 5.11 Å². The van der Waals surface area contributed by atoms with Crippen molar-refractivity contribution in [2.24, 2.45) is 0 Å². The fraction of sp³-hybridized carbons (Fsp3) is 0.444. The standard InChI is InChI=1S/C18H26N2O/c1-4-18(21)10-11-19-13-16-12-14(2)20(15(16)3)17-8-6-5-7-9-17/h5-9,12,18-19,21H,4,10-11,13H2,1-3H3. The molecule has 0 aliphatic rings. The lowest BCUT2D eigenvalue weighted by Gasteiger charge is -2.11. The number of para-hydroxylation sites is 1. The fourth-order valence-corrected chi connectivity index (χ4v) is 2.68. The predicted molar refractivity (Wildman–Crippen MR) is 87.9 cm³/mol. The van der Waals surface area contributed by atoms with Crippen molar-refractivity contribution < 1.29 is 5.11 Å². The molecule has 2 aromatic rings. The topological polar surface area (TPSA) is 37.2 Å². The summed E-state index contributed by atoms with van der Waals surface area (Å²) in [7, 11) is 0. The minimum Gasteiger partial charge on any atom is -0.393 e. The largest absolute Gasteiger partial charge is 0.393 e. The molecule has 2 rings (SSSR count). The summed E-state index contributed by atoms with van der Waals surface area (Å²) in [5, 5.41) is 13.0. The smallest absolute Gasteiger partial charge is 0.0549 e. The van der Waals surface area contributed by atoms with E-state index < -0.39 is 0 Å². The highest BCUT2D eigenvalue weighted by atomic mass is 16.3. The zero-order chi connectivity index (χ0) is 15.2. The molecule has 1 heterocycles. The Kier molecular flexibility index (Phi) is 5.59. The fourth-order valence-electron chi connectivity index (χ4n) is 2.68. The van der Waals surface area contributed by atoms with E-state index in [1.807, 2.05) is 13.0 Å². The monoisotopic (exact) mass is 286 g/mol. The van der Waals surface area contributed by atoms with Crippen LogP contribution in [-0.2, 0) is 6.54 Å². The van der Waals surface area contributed by atoms with Crippen LogP contribution in [0.15, 0.2) is 36.4 Å². The first-order chi connectivity index (χ1) is 10.1. The lowest BCUT2D eigenvalue weighted by atomic mass is 10.2. The molecule has 0 aliphatic carbocycles. The van der Waals surface area contributed by atoms with Gasteiger partial charge in [-0.3, -0.25) is 0 Å². The second kappa shape index (κ2) is 7.43. The molecule has 0 aliphatic heterocycles. The third-order valence-electron chi connectivity index (χ3n) is 3.99. The van der Waals surface area contributed by atoms with Gasteiger partial charge in [-0.15, -0.1) is 0 Å². The van der Waals surface area contributed by atoms with Gasteiger partial charge in [0.05, 0.1) is 6.10 Å². The summed E-state index contributed by atoms with van der Waals surface area (Å²) >= 11 is 0. The van der Waals surface area contributed by atoms with Gasteiger partial charge in [0.25, 0.3) is 0 Å². The van der Waals surface area contributed by atoms with E-state index in [-0.39, 0.29) is 6.10 Å². The van der Waals surface area contributed by atoms with Gasteiger partial charge in [-0.1, -0.05) is 25.1 Å². The van der Waals surface area contributed by atoms with Crippen LogP contribution in [0.4, 0.5) is 0 Å². The highest BCUT2D eigenvalue weighted by molar-refractivity contribution is 5.40. The number of aliphatic hydroxyl groups is 1. The molecule has 3 nitrogen and oxygen atoms in total. The molecule has 114 valence electrons. The Morgan fingerprint density at radius 1 is 1.19 bits per heavy atom. The average molecular weight is 286 g/mol. The summed E-state index contributed by atoms with van der Waals surface area (Å²) < 4.78 is 2.29. The van der Waals surface area contributed by atoms with Crippen molar-refractivity contribution in [1.82, 2.24) is 9.88 Å². The highest BCUT2D eigenvalue weighted by Crippen LogP contribution is 2.20. The maximum Gasteiger partial charge on any atom is 0.0549 e. The third kappa shape index (κ3) is 3.96. The summed E-state index contributed by atoms with van der Waals surface area (Å²) in [6, 6.07) is 12.7. The number of nitrogens with zero attached hydrogens (tertiary/aromatic N) is 1. The molecule has 1 atom stereocenters. The minimum absolute atomic E-state index is 0.186. The van der Waals surface area contributed by atoms with Crippen molar-refractivity contribution in [3.8, 4) is 5.69 Å². The first kappa shape index (κ1) is 15.8. The number of aromatic nitrogens is 1. The number of hydrogen-bond acceptors (Lipinski definition) is 2. The summed E-state index contributed by atoms with van der Waals surface area (Å²) in [6.45, 7) is 8.02. The van der Waals surface area contributed by atoms with E-state index >= 15 is 0 Å². The van der Waals surface area contributed by atoms with Crippen molar-refractivity contribution in [2.45, 2.75) is 46.3 Å². The van der Waals surface area contributed by atoms with Crippen LogP contribution in [0.2, 0.25) is 0 Å². The molecule has 0 saturated heterocycles. The quantitative estimate of drug-likeness (QED) is 0.766. The second-order valence-corrected chi connectivity index (χ2v) is 5.59. The molecule has 0 bridgehead atoms. The van der Waals surface area contributed by atoms with E-state index in [0.29, 0.717) is 0 Å². The van der Waals surface area contributed by atoms with Crippen LogP contribution < -0.4 is 5.32 Å². The van der Waals surface area contributed by atoms with Gasteiger partial charge in [0.1, 0.15) is 0 Å². The van der Waals surface area contributed by atoms with Gasteiger partial charge >= 0.3 is 0 Å². The van der Waals surface area contributed by atoms with Gasteiger partial charge < -0.3 is 15.0 Å². The maximum atomic E-state index is 9.56. The van der Waals surface area contributed by atoms with Crippen LogP contribution in [0.5, 0.6) is 0 Å². The molecule has 1 aromatic carbocycles. The molecule has 0 saturated carbocycles. The van der Waals surface area contributed by atoms with E-state index in [1.165, 1.54) is 22.6 Å². The van der Waals surface area contributed by atoms with Crippen molar-refractivity contribution in [3.63, 3.8) is 0 Å². The van der Waals surface area contributed by atoms with Crippen molar-refractivity contribution in [3.05, 3.63) is 53.3 Å². The molecule has 1 unspecified atom stereocenters. The zero-order valence-corrected chi connectivity index (χ0v) is 13.3. The number of aliphatic hydroxyl groups excluding tert-OH is 1. The number of rotatable bonds is 7. The summed E-state index contributed by atoms with van der Waals surface area (Å²) in [4.78, 5) is 0. The first-order valence-electron chi connectivity index (χ1n) is 7.75. The van der Waals surface area contributed by atoms with Crippen molar-refractivity contribution in [1.29, 1.82) is 0 Å². The first-order valence-corrected chi connectivity index (χ1v) is 7.75. The Morgan fingerprint density at radius 3 is 2.57 bits per heavy atom. The van der Waals surface area contributed by atoms with Gasteiger partial charge in [0.2, 0.25) is 0 Å². The lowest BCUT2D eigenvalue weighted by molar-refractivity contribution is 0.159. The third-order valence-corrected chi connectivity index (χ3v) is 3.99. The molecule has 0 spiro atoms. The Bertz CT molecular complexity index is 560. The van der Waals surface area contributed by atoms with Gasteiger partial charge in [0.15, 0.2) is 0 Å². The van der Waals surface area contributed by atoms with Gasteiger partial charge in [-0.2, -0.15) is 0 Å². The maximum absolute atomic E-state index is 9.56. The number of hydrogen-bond donors (Lipinski definition) is 2. The van der Waals surface area contributed by atoms with E-state index in [4.69, 9.17) is 0 Å². The molecule has 2 N–H and O–H groups in total. The summed E-state index contributed by atoms with van der Waals surface area (Å²) in [6.07, 6.45) is 1.45. The average Bonchev–Trinajstić information content (AvgIpc) is 2.78. The normalized spacial score (nSPS) is 12.6. The van der Waals surface area contributed by atoms with Gasteiger partial charge in [0, 0.05) is 23.6 Å². The highest BCUT2D eigenvalue weighted by Gasteiger charge is 2.10. The zero-order valence-electron chi connectivity index (χ0n) is 13.3. The number of aryl methyl sites for hydroxylation is 1. The van der Waals surface area contributed by atoms with Crippen LogP contribution >= 0.6 is 0 Å². The SMILES string of the molecule is CCC(O)CCNCc1cc(C)n(-c2ccccc2)c1C. The van der Waals surface area contributed by atoms with Crippen molar-refractivity contribution >= 4 is 0 Å². The molecular formula is C18H26N2O. The minimum atomic E-state index is -0.186. The second-order valence-electron chi connectivity index (χ2n) is 5.59. The Morgan fingerprint density at radius 2 is 1.90 bits per heavy atom. The van der Waals surface area contributed by atoms with Crippen LogP contribution in [0.25, 0.3) is 5.69 Å². The molecule has 3 heteroatoms. The molecule has 0 radical (unpaired) electrons. The molecule has 0 amide bonds. The Hall–Kier alpha value is -1.58. The Balaban J connectivity index is 2.03. The van der Waals surface area contributed by atoms with Gasteiger partial charge in [-0.05, 0) is 57.0 Å². The lowest BCUT2D eigenvalue weighted by Crippen LogP contribution is -2.20. The van der Waals surface area contributed by atoms with Crippen LogP contribution in [0.3, 0.4) is 0 Å². The number of benzene rings is 1. The van der Waals surface area contributed by atoms with E-state index in [2.05, 4.69) is 54.1 Å². The van der Waals surface area contributed by atoms with Crippen LogP contribution in [0.1, 0.15) is 36.7 Å². The number of nitrogens with one attached hydrogen (secondary N) is 1.